The van der Waals surface area contributed by atoms with Gasteiger partial charge in [0.25, 0.3) is 0 Å². The first-order valence-corrected chi connectivity index (χ1v) is 7.84. The van der Waals surface area contributed by atoms with Gasteiger partial charge in [0.2, 0.25) is 5.75 Å². The van der Waals surface area contributed by atoms with Gasteiger partial charge >= 0.3 is 0 Å². The normalized spacial score (nSPS) is 25.8. The van der Waals surface area contributed by atoms with Crippen molar-refractivity contribution < 1.29 is 4.74 Å². The Balaban J connectivity index is 1.88. The van der Waals surface area contributed by atoms with Gasteiger partial charge in [0.1, 0.15) is 6.33 Å². The summed E-state index contributed by atoms with van der Waals surface area (Å²) in [7, 11) is 3.95. The molecule has 2 unspecified atom stereocenters. The fraction of sp³-hybridized carbons (Fsp3) is 0.733. The summed E-state index contributed by atoms with van der Waals surface area (Å²) in [4.78, 5) is 13.7. The van der Waals surface area contributed by atoms with E-state index in [1.54, 1.807) is 13.4 Å². The number of hydrogen-bond acceptors (Lipinski definition) is 6. The lowest BCUT2D eigenvalue weighted by molar-refractivity contribution is 0.254. The van der Waals surface area contributed by atoms with Crippen LogP contribution in [0.5, 0.6) is 5.75 Å². The maximum Gasteiger partial charge on any atom is 0.204 e. The second-order valence-corrected chi connectivity index (χ2v) is 5.89. The molecule has 1 N–H and O–H groups in total. The number of methoxy groups -OCH3 is 1. The number of nitrogens with one attached hydrogen (secondary N) is 1. The molecular formula is C15H25N5O. The molecule has 1 aromatic rings. The van der Waals surface area contributed by atoms with E-state index in [0.717, 1.165) is 43.1 Å². The smallest absolute Gasteiger partial charge is 0.204 e. The average molecular weight is 291 g/mol. The molecule has 0 saturated carbocycles. The van der Waals surface area contributed by atoms with Gasteiger partial charge in [-0.2, -0.15) is 0 Å². The van der Waals surface area contributed by atoms with Crippen LogP contribution in [0.25, 0.3) is 0 Å². The minimum atomic E-state index is 0.625. The summed E-state index contributed by atoms with van der Waals surface area (Å²) in [6.45, 7) is 4.93. The Bertz CT molecular complexity index is 495. The van der Waals surface area contributed by atoms with Crippen LogP contribution in [0.1, 0.15) is 26.2 Å². The second kappa shape index (κ2) is 6.05. The molecule has 2 aliphatic heterocycles. The lowest BCUT2D eigenvalue weighted by atomic mass is 10.1. The molecule has 2 fully saturated rings. The van der Waals surface area contributed by atoms with Gasteiger partial charge in [-0.3, -0.25) is 4.90 Å². The van der Waals surface area contributed by atoms with E-state index in [1.165, 1.54) is 19.3 Å². The van der Waals surface area contributed by atoms with Gasteiger partial charge in [-0.25, -0.2) is 9.97 Å². The van der Waals surface area contributed by atoms with E-state index in [2.05, 4.69) is 39.1 Å². The van der Waals surface area contributed by atoms with E-state index < -0.39 is 0 Å². The van der Waals surface area contributed by atoms with Crippen LogP contribution in [0.3, 0.4) is 0 Å². The van der Waals surface area contributed by atoms with Gasteiger partial charge < -0.3 is 15.0 Å². The number of hydrogen-bond donors (Lipinski definition) is 1. The fourth-order valence-electron chi connectivity index (χ4n) is 3.57. The Kier molecular flexibility index (Phi) is 4.14. The van der Waals surface area contributed by atoms with E-state index in [0.29, 0.717) is 6.04 Å². The molecule has 2 saturated heterocycles. The fourth-order valence-corrected chi connectivity index (χ4v) is 3.57. The molecule has 0 radical (unpaired) electrons. The number of aromatic nitrogens is 2. The first-order valence-electron chi connectivity index (χ1n) is 7.84. The molecule has 2 aliphatic rings. The molecule has 0 aliphatic carbocycles. The lowest BCUT2D eigenvalue weighted by Gasteiger charge is -2.28. The number of nitrogens with zero attached hydrogens (tertiary/aromatic N) is 4. The van der Waals surface area contributed by atoms with Crippen LogP contribution in [0.2, 0.25) is 0 Å². The third-order valence-electron chi connectivity index (χ3n) is 4.78. The summed E-state index contributed by atoms with van der Waals surface area (Å²) in [5.41, 5.74) is 0. The summed E-state index contributed by atoms with van der Waals surface area (Å²) in [5, 5.41) is 3.25. The quantitative estimate of drug-likeness (QED) is 0.909. The molecule has 0 spiro atoms. The molecule has 2 bridgehead atoms. The lowest BCUT2D eigenvalue weighted by Crippen LogP contribution is -2.37. The van der Waals surface area contributed by atoms with Crippen molar-refractivity contribution in [2.75, 3.05) is 44.0 Å². The molecule has 3 rings (SSSR count). The predicted molar refractivity (Wildman–Crippen MR) is 84.2 cm³/mol. The first-order chi connectivity index (χ1) is 10.2. The summed E-state index contributed by atoms with van der Waals surface area (Å²) >= 11 is 0. The number of rotatable bonds is 4. The predicted octanol–water partition coefficient (Wildman–Crippen LogP) is 1.59. The maximum atomic E-state index is 5.59. The monoisotopic (exact) mass is 291 g/mol. The van der Waals surface area contributed by atoms with Gasteiger partial charge in [-0.05, 0) is 33.2 Å². The molecule has 0 aromatic carbocycles. The van der Waals surface area contributed by atoms with Crippen molar-refractivity contribution >= 4 is 11.6 Å². The van der Waals surface area contributed by atoms with Crippen molar-refractivity contribution in [2.24, 2.45) is 0 Å². The van der Waals surface area contributed by atoms with Gasteiger partial charge in [0.05, 0.1) is 7.11 Å². The van der Waals surface area contributed by atoms with E-state index in [9.17, 15) is 0 Å². The molecule has 3 heterocycles. The summed E-state index contributed by atoms with van der Waals surface area (Å²) < 4.78 is 5.59. The zero-order chi connectivity index (χ0) is 14.8. The first kappa shape index (κ1) is 14.4. The minimum absolute atomic E-state index is 0.625. The maximum absolute atomic E-state index is 5.59. The molecule has 0 amide bonds. The third kappa shape index (κ3) is 2.64. The molecule has 116 valence electrons. The number of fused-ring (bicyclic) bond motifs is 2. The van der Waals surface area contributed by atoms with Crippen molar-refractivity contribution in [1.29, 1.82) is 0 Å². The van der Waals surface area contributed by atoms with Crippen molar-refractivity contribution in [2.45, 2.75) is 38.3 Å². The Labute approximate surface area is 126 Å². The van der Waals surface area contributed by atoms with E-state index in [-0.39, 0.29) is 0 Å². The molecular weight excluding hydrogens is 266 g/mol. The van der Waals surface area contributed by atoms with Gasteiger partial charge in [0, 0.05) is 31.7 Å². The van der Waals surface area contributed by atoms with Crippen molar-refractivity contribution in [3.63, 3.8) is 0 Å². The zero-order valence-electron chi connectivity index (χ0n) is 13.2. The van der Waals surface area contributed by atoms with Crippen LogP contribution in [-0.4, -0.2) is 60.7 Å². The van der Waals surface area contributed by atoms with Crippen LogP contribution in [0.4, 0.5) is 11.6 Å². The van der Waals surface area contributed by atoms with Crippen LogP contribution in [-0.2, 0) is 0 Å². The van der Waals surface area contributed by atoms with Crippen LogP contribution in [0.15, 0.2) is 6.33 Å². The van der Waals surface area contributed by atoms with E-state index in [1.807, 2.05) is 0 Å². The SMILES string of the molecule is CCNc1ncnc(N2CCC3CCC(C2)N3C)c1OC. The highest BCUT2D eigenvalue weighted by Crippen LogP contribution is 2.36. The van der Waals surface area contributed by atoms with Crippen LogP contribution in [0, 0.1) is 0 Å². The van der Waals surface area contributed by atoms with Gasteiger partial charge in [0.15, 0.2) is 11.6 Å². The second-order valence-electron chi connectivity index (χ2n) is 5.89. The zero-order valence-corrected chi connectivity index (χ0v) is 13.2. The van der Waals surface area contributed by atoms with E-state index in [4.69, 9.17) is 4.74 Å². The molecule has 6 nitrogen and oxygen atoms in total. The Morgan fingerprint density at radius 1 is 1.29 bits per heavy atom. The topological polar surface area (TPSA) is 53.5 Å². The van der Waals surface area contributed by atoms with E-state index >= 15 is 0 Å². The Morgan fingerprint density at radius 2 is 2.10 bits per heavy atom. The highest BCUT2D eigenvalue weighted by Gasteiger charge is 2.35. The molecule has 6 heteroatoms. The van der Waals surface area contributed by atoms with Crippen molar-refractivity contribution in [3.05, 3.63) is 6.33 Å². The molecule has 21 heavy (non-hydrogen) atoms. The van der Waals surface area contributed by atoms with Crippen molar-refractivity contribution in [1.82, 2.24) is 14.9 Å². The number of likely N-dealkylation sites (N-methyl/N-ethyl adjacent to an activating group) is 1. The number of anilines is 2. The van der Waals surface area contributed by atoms with Gasteiger partial charge in [-0.1, -0.05) is 0 Å². The molecule has 1 aromatic heterocycles. The standard InChI is InChI=1S/C15H25N5O/c1-4-16-14-13(21-3)15(18-10-17-14)20-8-7-11-5-6-12(9-20)19(11)2/h10-12H,4-9H2,1-3H3,(H,16,17,18). The Morgan fingerprint density at radius 3 is 2.86 bits per heavy atom. The highest BCUT2D eigenvalue weighted by molar-refractivity contribution is 5.64. The molecule has 2 atom stereocenters. The summed E-state index contributed by atoms with van der Waals surface area (Å²) in [6.07, 6.45) is 5.43. The summed E-state index contributed by atoms with van der Waals surface area (Å²) in [5.74, 6) is 2.47. The number of ether oxygens (including phenoxy) is 1. The Hall–Kier alpha value is -1.56. The average Bonchev–Trinajstić information content (AvgIpc) is 2.72. The summed E-state index contributed by atoms with van der Waals surface area (Å²) in [6, 6.07) is 1.35. The minimum Gasteiger partial charge on any atom is -0.490 e. The highest BCUT2D eigenvalue weighted by atomic mass is 16.5. The van der Waals surface area contributed by atoms with Crippen LogP contribution < -0.4 is 15.0 Å². The van der Waals surface area contributed by atoms with Crippen LogP contribution >= 0.6 is 0 Å². The van der Waals surface area contributed by atoms with Crippen molar-refractivity contribution in [3.8, 4) is 5.75 Å². The third-order valence-corrected chi connectivity index (χ3v) is 4.78. The largest absolute Gasteiger partial charge is 0.490 e. The van der Waals surface area contributed by atoms with Gasteiger partial charge in [-0.15, -0.1) is 0 Å².